The van der Waals surface area contributed by atoms with Gasteiger partial charge in [0, 0.05) is 12.6 Å². The van der Waals surface area contributed by atoms with Crippen molar-refractivity contribution in [2.45, 2.75) is 6.92 Å². The molecule has 0 radical (unpaired) electrons. The molecular formula is C10H11N3. The van der Waals surface area contributed by atoms with Crippen LogP contribution in [-0.2, 0) is 7.05 Å². The molecule has 0 bridgehead atoms. The Balaban J connectivity index is 2.74. The normalized spacial score (nSPS) is 11.5. The van der Waals surface area contributed by atoms with E-state index >= 15 is 0 Å². The van der Waals surface area contributed by atoms with E-state index in [1.807, 2.05) is 44.3 Å². The second-order valence-electron chi connectivity index (χ2n) is 2.90. The largest absolute Gasteiger partial charge is 0.187 e. The Morgan fingerprint density at radius 2 is 2.15 bits per heavy atom. The molecule has 0 unspecified atom stereocenters. The fraction of sp³-hybridized carbons (Fsp3) is 0.200. The van der Waals surface area contributed by atoms with E-state index in [1.54, 1.807) is 4.80 Å². The van der Waals surface area contributed by atoms with E-state index in [2.05, 4.69) is 10.2 Å². The van der Waals surface area contributed by atoms with Crippen LogP contribution in [0.3, 0.4) is 0 Å². The summed E-state index contributed by atoms with van der Waals surface area (Å²) in [4.78, 5) is 1.59. The highest BCUT2D eigenvalue weighted by molar-refractivity contribution is 5.83. The maximum absolute atomic E-state index is 4.29. The molecule has 13 heavy (non-hydrogen) atoms. The second kappa shape index (κ2) is 3.01. The Hall–Kier alpha value is -1.64. The predicted octanol–water partition coefficient (Wildman–Crippen LogP) is 2.00. The van der Waals surface area contributed by atoms with Gasteiger partial charge >= 0.3 is 0 Å². The molecule has 0 aliphatic heterocycles. The summed E-state index contributed by atoms with van der Waals surface area (Å²) < 4.78 is 0. The quantitative estimate of drug-likeness (QED) is 0.660. The Morgan fingerprint density at radius 3 is 2.92 bits per heavy atom. The van der Waals surface area contributed by atoms with E-state index in [9.17, 15) is 0 Å². The molecule has 0 atom stereocenters. The van der Waals surface area contributed by atoms with Crippen LogP contribution in [0.5, 0.6) is 0 Å². The number of hydrogen-bond acceptors (Lipinski definition) is 2. The van der Waals surface area contributed by atoms with Crippen LogP contribution in [0.1, 0.15) is 12.5 Å². The third kappa shape index (κ3) is 1.33. The second-order valence-corrected chi connectivity index (χ2v) is 2.90. The Morgan fingerprint density at radius 1 is 1.31 bits per heavy atom. The molecule has 2 aromatic rings. The molecule has 2 rings (SSSR count). The van der Waals surface area contributed by atoms with Crippen LogP contribution in [0.2, 0.25) is 0 Å². The van der Waals surface area contributed by atoms with Gasteiger partial charge in [0.2, 0.25) is 0 Å². The van der Waals surface area contributed by atoms with Crippen molar-refractivity contribution in [3.8, 4) is 0 Å². The molecule has 0 aliphatic carbocycles. The number of fused-ring (bicyclic) bond motifs is 1. The lowest BCUT2D eigenvalue weighted by molar-refractivity contribution is 0.665. The van der Waals surface area contributed by atoms with Gasteiger partial charge in [0.15, 0.2) is 0 Å². The summed E-state index contributed by atoms with van der Waals surface area (Å²) >= 11 is 0. The molecule has 1 heterocycles. The van der Waals surface area contributed by atoms with Gasteiger partial charge in [-0.05, 0) is 13.0 Å². The average molecular weight is 173 g/mol. The minimum absolute atomic E-state index is 0.943. The molecule has 0 N–H and O–H groups in total. The summed E-state index contributed by atoms with van der Waals surface area (Å²) in [6.07, 6.45) is 4.04. The van der Waals surface area contributed by atoms with Crippen LogP contribution in [0.15, 0.2) is 24.3 Å². The average Bonchev–Trinajstić information content (AvgIpc) is 2.47. The van der Waals surface area contributed by atoms with Crippen molar-refractivity contribution >= 4 is 17.1 Å². The van der Waals surface area contributed by atoms with Gasteiger partial charge in [0.1, 0.15) is 11.0 Å². The minimum atomic E-state index is 0.943. The van der Waals surface area contributed by atoms with E-state index in [1.165, 1.54) is 0 Å². The highest BCUT2D eigenvalue weighted by Gasteiger charge is 2.02. The third-order valence-electron chi connectivity index (χ3n) is 1.89. The summed E-state index contributed by atoms with van der Waals surface area (Å²) in [7, 11) is 1.83. The lowest BCUT2D eigenvalue weighted by atomic mass is 10.2. The lowest BCUT2D eigenvalue weighted by Gasteiger charge is -1.91. The maximum atomic E-state index is 4.29. The van der Waals surface area contributed by atoms with E-state index in [0.717, 1.165) is 16.6 Å². The number of benzene rings is 1. The van der Waals surface area contributed by atoms with Crippen LogP contribution < -0.4 is 0 Å². The molecule has 0 aliphatic rings. The smallest absolute Gasteiger partial charge is 0.120 e. The topological polar surface area (TPSA) is 30.7 Å². The van der Waals surface area contributed by atoms with E-state index in [4.69, 9.17) is 0 Å². The Bertz CT molecular complexity index is 454. The zero-order chi connectivity index (χ0) is 9.26. The fourth-order valence-electron chi connectivity index (χ4n) is 1.38. The van der Waals surface area contributed by atoms with Crippen molar-refractivity contribution in [2.75, 3.05) is 0 Å². The first-order chi connectivity index (χ1) is 6.31. The van der Waals surface area contributed by atoms with Crippen molar-refractivity contribution in [1.82, 2.24) is 15.0 Å². The highest BCUT2D eigenvalue weighted by Crippen LogP contribution is 2.15. The zero-order valence-electron chi connectivity index (χ0n) is 7.73. The zero-order valence-corrected chi connectivity index (χ0v) is 7.73. The van der Waals surface area contributed by atoms with Gasteiger partial charge in [-0.15, -0.1) is 0 Å². The van der Waals surface area contributed by atoms with Gasteiger partial charge < -0.3 is 0 Å². The first kappa shape index (κ1) is 7.98. The van der Waals surface area contributed by atoms with Crippen molar-refractivity contribution in [3.63, 3.8) is 0 Å². The minimum Gasteiger partial charge on any atom is -0.187 e. The molecule has 66 valence electrons. The Labute approximate surface area is 76.7 Å². The van der Waals surface area contributed by atoms with Gasteiger partial charge in [-0.25, -0.2) is 0 Å². The molecule has 0 fully saturated rings. The predicted molar refractivity (Wildman–Crippen MR) is 53.2 cm³/mol. The van der Waals surface area contributed by atoms with Crippen LogP contribution in [0.4, 0.5) is 0 Å². The SMILES string of the molecule is C/C=C/c1cccc2nn(C)nc12. The molecule has 0 saturated heterocycles. The number of allylic oxidation sites excluding steroid dienone is 1. The number of nitrogens with zero attached hydrogens (tertiary/aromatic N) is 3. The molecular weight excluding hydrogens is 162 g/mol. The summed E-state index contributed by atoms with van der Waals surface area (Å²) in [6, 6.07) is 6.00. The van der Waals surface area contributed by atoms with Gasteiger partial charge in [0.25, 0.3) is 0 Å². The van der Waals surface area contributed by atoms with Crippen molar-refractivity contribution in [2.24, 2.45) is 7.05 Å². The van der Waals surface area contributed by atoms with Crippen LogP contribution in [0, 0.1) is 0 Å². The van der Waals surface area contributed by atoms with Crippen molar-refractivity contribution in [1.29, 1.82) is 0 Å². The standard InChI is InChI=1S/C10H11N3/c1-3-5-8-6-4-7-9-10(8)12-13(2)11-9/h3-7H,1-2H3/b5-3+. The van der Waals surface area contributed by atoms with Gasteiger partial charge in [-0.2, -0.15) is 15.0 Å². The fourth-order valence-corrected chi connectivity index (χ4v) is 1.38. The van der Waals surface area contributed by atoms with Gasteiger partial charge in [0.05, 0.1) is 0 Å². The lowest BCUT2D eigenvalue weighted by Crippen LogP contribution is -1.90. The molecule has 0 amide bonds. The first-order valence-corrected chi connectivity index (χ1v) is 4.24. The number of aromatic nitrogens is 3. The van der Waals surface area contributed by atoms with E-state index in [-0.39, 0.29) is 0 Å². The molecule has 3 nitrogen and oxygen atoms in total. The van der Waals surface area contributed by atoms with Crippen LogP contribution >= 0.6 is 0 Å². The first-order valence-electron chi connectivity index (χ1n) is 4.24. The number of aryl methyl sites for hydroxylation is 1. The molecule has 0 saturated carbocycles. The summed E-state index contributed by atoms with van der Waals surface area (Å²) in [5.74, 6) is 0. The van der Waals surface area contributed by atoms with Gasteiger partial charge in [-0.3, -0.25) is 0 Å². The van der Waals surface area contributed by atoms with Crippen LogP contribution in [-0.4, -0.2) is 15.0 Å². The third-order valence-corrected chi connectivity index (χ3v) is 1.89. The van der Waals surface area contributed by atoms with E-state index < -0.39 is 0 Å². The van der Waals surface area contributed by atoms with Gasteiger partial charge in [-0.1, -0.05) is 24.3 Å². The molecule has 0 spiro atoms. The van der Waals surface area contributed by atoms with Crippen LogP contribution in [0.25, 0.3) is 17.1 Å². The summed E-state index contributed by atoms with van der Waals surface area (Å²) in [6.45, 7) is 2.00. The van der Waals surface area contributed by atoms with Crippen molar-refractivity contribution < 1.29 is 0 Å². The van der Waals surface area contributed by atoms with Crippen molar-refractivity contribution in [3.05, 3.63) is 29.8 Å². The summed E-state index contributed by atoms with van der Waals surface area (Å²) in [5, 5.41) is 8.51. The molecule has 1 aromatic carbocycles. The number of rotatable bonds is 1. The molecule has 1 aromatic heterocycles. The monoisotopic (exact) mass is 173 g/mol. The highest BCUT2D eigenvalue weighted by atomic mass is 15.4. The van der Waals surface area contributed by atoms with E-state index in [0.29, 0.717) is 0 Å². The molecule has 3 heteroatoms. The summed E-state index contributed by atoms with van der Waals surface area (Å²) in [5.41, 5.74) is 3.02. The number of hydrogen-bond donors (Lipinski definition) is 0. The maximum Gasteiger partial charge on any atom is 0.120 e. The Kier molecular flexibility index (Phi) is 1.85.